The van der Waals surface area contributed by atoms with Gasteiger partial charge in [-0.2, -0.15) is 0 Å². The molecule has 2 unspecified atom stereocenters. The van der Waals surface area contributed by atoms with Crippen LogP contribution in [0, 0.1) is 5.92 Å². The summed E-state index contributed by atoms with van der Waals surface area (Å²) >= 11 is 0. The minimum Gasteiger partial charge on any atom is -0.310 e. The second kappa shape index (κ2) is 17.3. The highest BCUT2D eigenvalue weighted by atomic mass is 15.1. The number of benzene rings is 10. The molecule has 0 aliphatic heterocycles. The Hall–Kier alpha value is -8.85. The summed E-state index contributed by atoms with van der Waals surface area (Å²) in [7, 11) is 0. The van der Waals surface area contributed by atoms with Gasteiger partial charge in [0, 0.05) is 33.6 Å². The number of anilines is 3. The molecule has 2 heteroatoms. The fourth-order valence-corrected chi connectivity index (χ4v) is 11.4. The molecule has 0 N–H and O–H groups in total. The first kappa shape index (κ1) is 41.3. The van der Waals surface area contributed by atoms with Crippen LogP contribution < -0.4 is 4.90 Å². The molecule has 330 valence electrons. The van der Waals surface area contributed by atoms with Crippen molar-refractivity contribution in [3.05, 3.63) is 290 Å². The Kier molecular flexibility index (Phi) is 10.2. The highest BCUT2D eigenvalue weighted by molar-refractivity contribution is 5.94. The lowest BCUT2D eigenvalue weighted by Crippen LogP contribution is -2.35. The molecular formula is C68H48N2. The number of allylic oxidation sites excluding steroid dienone is 4. The second-order valence-electron chi connectivity index (χ2n) is 18.6. The molecule has 0 saturated heterocycles. The third-order valence-electron chi connectivity index (χ3n) is 14.7. The molecule has 2 nitrogen and oxygen atoms in total. The van der Waals surface area contributed by atoms with E-state index in [1.807, 2.05) is 0 Å². The molecule has 0 saturated carbocycles. The summed E-state index contributed by atoms with van der Waals surface area (Å²) < 4.78 is 0. The molecule has 11 aromatic rings. The maximum atomic E-state index is 5.36. The number of pyridine rings is 1. The quantitative estimate of drug-likeness (QED) is 0.144. The SMILES string of the molecule is C1=CCC(C2(c3ccccc3)c3ccccc3-c3ccc(N(c4ccc(-c5ccccc5)cc4)c4ccc(-c5cc6ccccc6nc5-c5ccc(-c6ccc7ccccc7c6)cc5)cc4)cc32)C=C1. The molecule has 0 fully saturated rings. The predicted molar refractivity (Wildman–Crippen MR) is 294 cm³/mol. The number of hydrogen-bond acceptors (Lipinski definition) is 2. The molecule has 2 aliphatic carbocycles. The van der Waals surface area contributed by atoms with Crippen LogP contribution >= 0.6 is 0 Å². The van der Waals surface area contributed by atoms with E-state index in [4.69, 9.17) is 4.98 Å². The van der Waals surface area contributed by atoms with Crippen molar-refractivity contribution in [2.75, 3.05) is 4.90 Å². The van der Waals surface area contributed by atoms with E-state index in [0.29, 0.717) is 0 Å². The minimum atomic E-state index is -0.385. The van der Waals surface area contributed by atoms with Crippen LogP contribution in [0.3, 0.4) is 0 Å². The smallest absolute Gasteiger partial charge is 0.0788 e. The third kappa shape index (κ3) is 7.07. The zero-order chi connectivity index (χ0) is 46.4. The summed E-state index contributed by atoms with van der Waals surface area (Å²) in [6, 6.07) is 91.1. The van der Waals surface area contributed by atoms with Gasteiger partial charge in [-0.3, -0.25) is 0 Å². The summed E-state index contributed by atoms with van der Waals surface area (Å²) in [5.74, 6) is 0.232. The Morgan fingerprint density at radius 1 is 0.371 bits per heavy atom. The van der Waals surface area contributed by atoms with Crippen LogP contribution in [0.25, 0.3) is 77.4 Å². The Bertz CT molecular complexity index is 3780. The second-order valence-corrected chi connectivity index (χ2v) is 18.6. The van der Waals surface area contributed by atoms with Crippen molar-refractivity contribution in [1.29, 1.82) is 0 Å². The summed E-state index contributed by atoms with van der Waals surface area (Å²) in [5, 5.41) is 3.60. The van der Waals surface area contributed by atoms with E-state index < -0.39 is 0 Å². The zero-order valence-electron chi connectivity index (χ0n) is 38.7. The van der Waals surface area contributed by atoms with Gasteiger partial charge in [-0.1, -0.05) is 218 Å². The third-order valence-corrected chi connectivity index (χ3v) is 14.7. The van der Waals surface area contributed by atoms with Gasteiger partial charge in [0.15, 0.2) is 0 Å². The number of aromatic nitrogens is 1. The minimum absolute atomic E-state index is 0.232. The average Bonchev–Trinajstić information content (AvgIpc) is 3.74. The topological polar surface area (TPSA) is 16.1 Å². The molecule has 0 spiro atoms. The first-order valence-corrected chi connectivity index (χ1v) is 24.4. The Morgan fingerprint density at radius 3 is 1.70 bits per heavy atom. The lowest BCUT2D eigenvalue weighted by Gasteiger charge is -2.40. The maximum Gasteiger partial charge on any atom is 0.0788 e. The number of nitrogens with zero attached hydrogens (tertiary/aromatic N) is 2. The Labute approximate surface area is 409 Å². The first-order valence-electron chi connectivity index (χ1n) is 24.4. The van der Waals surface area contributed by atoms with Gasteiger partial charge in [-0.15, -0.1) is 0 Å². The highest BCUT2D eigenvalue weighted by Gasteiger charge is 2.49. The first-order chi connectivity index (χ1) is 34.7. The molecule has 0 bridgehead atoms. The van der Waals surface area contributed by atoms with Crippen molar-refractivity contribution in [2.24, 2.45) is 5.92 Å². The van der Waals surface area contributed by atoms with Gasteiger partial charge in [0.25, 0.3) is 0 Å². The summed E-state index contributed by atoms with van der Waals surface area (Å²) in [6.07, 6.45) is 10.1. The lowest BCUT2D eigenvalue weighted by molar-refractivity contribution is 0.457. The average molecular weight is 893 g/mol. The molecule has 1 aromatic heterocycles. The van der Waals surface area contributed by atoms with E-state index in [9.17, 15) is 0 Å². The van der Waals surface area contributed by atoms with Crippen LogP contribution in [0.15, 0.2) is 273 Å². The van der Waals surface area contributed by atoms with E-state index in [1.165, 1.54) is 60.8 Å². The molecule has 1 heterocycles. The number of para-hydroxylation sites is 1. The van der Waals surface area contributed by atoms with E-state index >= 15 is 0 Å². The van der Waals surface area contributed by atoms with Gasteiger partial charge in [-0.25, -0.2) is 4.98 Å². The standard InChI is InChI=1S/C68H48N2/c1-4-16-47(17-5-1)49-34-38-58(39-35-49)70(60-42-43-62-61-25-13-14-26-64(61)68(65(62)46-60,56-21-6-2-7-22-56)57-23-8-3-9-24-57)59-40-36-51(37-41-59)63-45-55-20-12-15-27-66(55)69-67(63)52-31-28-50(29-32-52)54-33-30-48-18-10-11-19-53(48)44-54/h1-23,25-46,57H,24H2. The molecular weight excluding hydrogens is 845 g/mol. The predicted octanol–water partition coefficient (Wildman–Crippen LogP) is 18.0. The Balaban J connectivity index is 0.941. The van der Waals surface area contributed by atoms with Crippen molar-refractivity contribution < 1.29 is 0 Å². The highest BCUT2D eigenvalue weighted by Crippen LogP contribution is 2.59. The van der Waals surface area contributed by atoms with Crippen molar-refractivity contribution in [1.82, 2.24) is 4.98 Å². The Morgan fingerprint density at radius 2 is 0.943 bits per heavy atom. The van der Waals surface area contributed by atoms with Crippen molar-refractivity contribution in [3.8, 4) is 55.8 Å². The van der Waals surface area contributed by atoms with Gasteiger partial charge < -0.3 is 4.90 Å². The monoisotopic (exact) mass is 892 g/mol. The van der Waals surface area contributed by atoms with Crippen molar-refractivity contribution in [2.45, 2.75) is 11.8 Å². The molecule has 2 atom stereocenters. The molecule has 0 radical (unpaired) electrons. The van der Waals surface area contributed by atoms with Gasteiger partial charge in [0.05, 0.1) is 16.6 Å². The van der Waals surface area contributed by atoms with Crippen molar-refractivity contribution in [3.63, 3.8) is 0 Å². The van der Waals surface area contributed by atoms with E-state index in [2.05, 4.69) is 278 Å². The van der Waals surface area contributed by atoms with Gasteiger partial charge in [0.1, 0.15) is 0 Å². The summed E-state index contributed by atoms with van der Waals surface area (Å²) in [6.45, 7) is 0. The fourth-order valence-electron chi connectivity index (χ4n) is 11.4. The van der Waals surface area contributed by atoms with Crippen molar-refractivity contribution >= 4 is 38.7 Å². The van der Waals surface area contributed by atoms with E-state index in [1.54, 1.807) is 0 Å². The van der Waals surface area contributed by atoms with Crippen LogP contribution in [0.1, 0.15) is 23.1 Å². The molecule has 13 rings (SSSR count). The van der Waals surface area contributed by atoms with Gasteiger partial charge in [0.2, 0.25) is 0 Å². The largest absolute Gasteiger partial charge is 0.310 e. The van der Waals surface area contributed by atoms with Crippen LogP contribution in [0.4, 0.5) is 17.1 Å². The maximum absolute atomic E-state index is 5.36. The summed E-state index contributed by atoms with van der Waals surface area (Å²) in [5.41, 5.74) is 19.5. The number of fused-ring (bicyclic) bond motifs is 5. The lowest BCUT2D eigenvalue weighted by atomic mass is 9.62. The van der Waals surface area contributed by atoms with Crippen LogP contribution in [-0.2, 0) is 5.41 Å². The summed E-state index contributed by atoms with van der Waals surface area (Å²) in [4.78, 5) is 7.79. The van der Waals surface area contributed by atoms with Crippen LogP contribution in [-0.4, -0.2) is 4.98 Å². The molecule has 0 amide bonds. The normalized spacial score (nSPS) is 15.7. The molecule has 10 aromatic carbocycles. The number of rotatable bonds is 9. The molecule has 70 heavy (non-hydrogen) atoms. The van der Waals surface area contributed by atoms with E-state index in [-0.39, 0.29) is 11.3 Å². The van der Waals surface area contributed by atoms with Gasteiger partial charge in [-0.05, 0) is 133 Å². The van der Waals surface area contributed by atoms with Gasteiger partial charge >= 0.3 is 0 Å². The fraction of sp³-hybridized carbons (Fsp3) is 0.0441. The van der Waals surface area contributed by atoms with Crippen LogP contribution in [0.5, 0.6) is 0 Å². The van der Waals surface area contributed by atoms with Crippen LogP contribution in [0.2, 0.25) is 0 Å². The van der Waals surface area contributed by atoms with E-state index in [0.717, 1.165) is 56.8 Å². The molecule has 2 aliphatic rings. The number of hydrogen-bond donors (Lipinski definition) is 0. The zero-order valence-corrected chi connectivity index (χ0v) is 38.7.